The third-order valence-corrected chi connectivity index (χ3v) is 5.48. The average molecular weight is 192 g/mol. The molecule has 6 atom stereocenters. The van der Waals surface area contributed by atoms with Crippen molar-refractivity contribution in [2.24, 2.45) is 23.2 Å². The van der Waals surface area contributed by atoms with Gasteiger partial charge in [-0.25, -0.2) is 0 Å². The zero-order valence-electron chi connectivity index (χ0n) is 8.44. The molecule has 0 aromatic carbocycles. The number of aliphatic hydroxyl groups is 1. The maximum atomic E-state index is 9.79. The van der Waals surface area contributed by atoms with Crippen LogP contribution >= 0.6 is 0 Å². The Kier molecular flexibility index (Phi) is 1.10. The number of rotatable bonds is 1. The highest BCUT2D eigenvalue weighted by Crippen LogP contribution is 2.84. The summed E-state index contributed by atoms with van der Waals surface area (Å²) >= 11 is 0. The van der Waals surface area contributed by atoms with Gasteiger partial charge in [-0.3, -0.25) is 0 Å². The highest BCUT2D eigenvalue weighted by molar-refractivity contribution is 5.45. The van der Waals surface area contributed by atoms with E-state index in [-0.39, 0.29) is 11.7 Å². The predicted molar refractivity (Wildman–Crippen MR) is 51.6 cm³/mol. The van der Waals surface area contributed by atoms with E-state index in [0.29, 0.717) is 17.3 Å². The third kappa shape index (κ3) is 0.496. The fourth-order valence-corrected chi connectivity index (χ4v) is 5.24. The molecule has 0 aliphatic heterocycles. The zero-order chi connectivity index (χ0) is 9.55. The summed E-state index contributed by atoms with van der Waals surface area (Å²) < 4.78 is 5.84. The van der Waals surface area contributed by atoms with Crippen LogP contribution in [-0.2, 0) is 4.74 Å². The maximum Gasteiger partial charge on any atom is 0.0875 e. The van der Waals surface area contributed by atoms with Crippen LogP contribution in [0.5, 0.6) is 0 Å². The molecule has 0 heterocycles. The Morgan fingerprint density at radius 1 is 1.36 bits per heavy atom. The van der Waals surface area contributed by atoms with E-state index in [1.54, 1.807) is 0 Å². The van der Waals surface area contributed by atoms with Gasteiger partial charge < -0.3 is 9.84 Å². The summed E-state index contributed by atoms with van der Waals surface area (Å²) in [5, 5.41) is 9.79. The van der Waals surface area contributed by atoms with E-state index in [4.69, 9.17) is 4.74 Å². The van der Waals surface area contributed by atoms with Crippen LogP contribution in [0.15, 0.2) is 12.2 Å². The summed E-state index contributed by atoms with van der Waals surface area (Å²) in [6, 6.07) is 0. The molecule has 4 rings (SSSR count). The van der Waals surface area contributed by atoms with Gasteiger partial charge in [0.25, 0.3) is 0 Å². The van der Waals surface area contributed by atoms with E-state index >= 15 is 0 Å². The van der Waals surface area contributed by atoms with Gasteiger partial charge in [0.2, 0.25) is 0 Å². The largest absolute Gasteiger partial charge is 0.393 e. The van der Waals surface area contributed by atoms with Crippen molar-refractivity contribution in [3.8, 4) is 0 Å². The molecule has 0 aromatic rings. The van der Waals surface area contributed by atoms with Crippen molar-refractivity contribution in [2.75, 3.05) is 7.11 Å². The van der Waals surface area contributed by atoms with Gasteiger partial charge in [-0.05, 0) is 25.2 Å². The molecule has 0 aromatic heterocycles. The smallest absolute Gasteiger partial charge is 0.0875 e. The van der Waals surface area contributed by atoms with Crippen LogP contribution in [0.4, 0.5) is 0 Å². The van der Waals surface area contributed by atoms with Crippen molar-refractivity contribution >= 4 is 0 Å². The highest BCUT2D eigenvalue weighted by atomic mass is 16.5. The van der Waals surface area contributed by atoms with E-state index in [2.05, 4.69) is 12.2 Å². The quantitative estimate of drug-likeness (QED) is 0.635. The van der Waals surface area contributed by atoms with Crippen LogP contribution < -0.4 is 0 Å². The lowest BCUT2D eigenvalue weighted by Gasteiger charge is -2.19. The Labute approximate surface area is 83.9 Å². The minimum absolute atomic E-state index is 0.0630. The number of hydrogen-bond donors (Lipinski definition) is 1. The van der Waals surface area contributed by atoms with Crippen LogP contribution in [0.25, 0.3) is 0 Å². The number of aliphatic hydroxyl groups excluding tert-OH is 1. The number of hydrogen-bond acceptors (Lipinski definition) is 2. The standard InChI is InChI=1S/C12H16O2/c1-14-12-7-2-3-10(12)11(12)6-9(13)5-8(11)4-7/h2-3,7-10,13H,4-6H2,1H3/t7?,8?,9-,10?,11?,12?/m1/s1. The van der Waals surface area contributed by atoms with Crippen molar-refractivity contribution in [2.45, 2.75) is 31.0 Å². The summed E-state index contributed by atoms with van der Waals surface area (Å²) in [5.74, 6) is 2.00. The van der Waals surface area contributed by atoms with Crippen molar-refractivity contribution < 1.29 is 9.84 Å². The van der Waals surface area contributed by atoms with Crippen LogP contribution in [0.1, 0.15) is 19.3 Å². The molecule has 2 nitrogen and oxygen atoms in total. The zero-order valence-corrected chi connectivity index (χ0v) is 8.44. The molecule has 0 radical (unpaired) electrons. The van der Waals surface area contributed by atoms with E-state index in [0.717, 1.165) is 18.8 Å². The minimum Gasteiger partial charge on any atom is -0.393 e. The molecule has 0 saturated heterocycles. The Morgan fingerprint density at radius 3 is 2.93 bits per heavy atom. The van der Waals surface area contributed by atoms with Crippen molar-refractivity contribution in [1.29, 1.82) is 0 Å². The summed E-state index contributed by atoms with van der Waals surface area (Å²) in [5.41, 5.74) is 0.468. The van der Waals surface area contributed by atoms with E-state index in [1.807, 2.05) is 7.11 Å². The molecule has 1 spiro atoms. The molecule has 3 saturated carbocycles. The SMILES string of the molecule is COC12C3C=CC1C21C[C@H](O)CC1C3. The molecular formula is C12H16O2. The van der Waals surface area contributed by atoms with Gasteiger partial charge in [-0.15, -0.1) is 0 Å². The molecule has 4 aliphatic rings. The molecule has 1 N–H and O–H groups in total. The first-order chi connectivity index (χ1) is 6.75. The number of ether oxygens (including phenoxy) is 1. The Hall–Kier alpha value is -0.340. The molecule has 3 fully saturated rings. The Bertz CT molecular complexity index is 337. The molecule has 4 aliphatic carbocycles. The van der Waals surface area contributed by atoms with Gasteiger partial charge in [0.05, 0.1) is 11.7 Å². The normalized spacial score (nSPS) is 67.0. The molecular weight excluding hydrogens is 176 g/mol. The Morgan fingerprint density at radius 2 is 2.21 bits per heavy atom. The van der Waals surface area contributed by atoms with Gasteiger partial charge in [0.15, 0.2) is 0 Å². The van der Waals surface area contributed by atoms with Gasteiger partial charge in [-0.1, -0.05) is 12.2 Å². The predicted octanol–water partition coefficient (Wildman–Crippen LogP) is 1.35. The van der Waals surface area contributed by atoms with E-state index < -0.39 is 0 Å². The fraction of sp³-hybridized carbons (Fsp3) is 0.833. The molecule has 76 valence electrons. The van der Waals surface area contributed by atoms with Crippen molar-refractivity contribution in [3.63, 3.8) is 0 Å². The lowest BCUT2D eigenvalue weighted by atomic mass is 9.91. The first kappa shape index (κ1) is 7.89. The van der Waals surface area contributed by atoms with Crippen molar-refractivity contribution in [3.05, 3.63) is 12.2 Å². The first-order valence-electron chi connectivity index (χ1n) is 5.67. The van der Waals surface area contributed by atoms with Crippen LogP contribution in [0.3, 0.4) is 0 Å². The third-order valence-electron chi connectivity index (χ3n) is 5.48. The van der Waals surface area contributed by atoms with Crippen LogP contribution in [0, 0.1) is 23.2 Å². The second kappa shape index (κ2) is 1.96. The number of methoxy groups -OCH3 is 1. The second-order valence-electron chi connectivity index (χ2n) is 5.53. The van der Waals surface area contributed by atoms with Gasteiger partial charge in [0, 0.05) is 24.4 Å². The highest BCUT2D eigenvalue weighted by Gasteiger charge is 2.87. The monoisotopic (exact) mass is 192 g/mol. The summed E-state index contributed by atoms with van der Waals surface area (Å²) in [7, 11) is 1.86. The van der Waals surface area contributed by atoms with E-state index in [1.165, 1.54) is 6.42 Å². The van der Waals surface area contributed by atoms with Crippen LogP contribution in [-0.4, -0.2) is 23.9 Å². The molecule has 0 bridgehead atoms. The van der Waals surface area contributed by atoms with E-state index in [9.17, 15) is 5.11 Å². The van der Waals surface area contributed by atoms with Gasteiger partial charge >= 0.3 is 0 Å². The fourth-order valence-electron chi connectivity index (χ4n) is 5.24. The first-order valence-corrected chi connectivity index (χ1v) is 5.67. The summed E-state index contributed by atoms with van der Waals surface area (Å²) in [4.78, 5) is 0. The van der Waals surface area contributed by atoms with Gasteiger partial charge in [0.1, 0.15) is 0 Å². The topological polar surface area (TPSA) is 29.5 Å². The van der Waals surface area contributed by atoms with Crippen molar-refractivity contribution in [1.82, 2.24) is 0 Å². The minimum atomic E-state index is -0.0630. The van der Waals surface area contributed by atoms with Crippen LogP contribution in [0.2, 0.25) is 0 Å². The lowest BCUT2D eigenvalue weighted by Crippen LogP contribution is -2.24. The second-order valence-corrected chi connectivity index (χ2v) is 5.53. The van der Waals surface area contributed by atoms with Gasteiger partial charge in [-0.2, -0.15) is 0 Å². The summed E-state index contributed by atoms with van der Waals surface area (Å²) in [6.07, 6.45) is 7.89. The molecule has 14 heavy (non-hydrogen) atoms. The molecule has 5 unspecified atom stereocenters. The Balaban J connectivity index is 1.85. The lowest BCUT2D eigenvalue weighted by molar-refractivity contribution is 0.0252. The molecule has 0 amide bonds. The molecule has 2 heteroatoms. The maximum absolute atomic E-state index is 9.79. The average Bonchev–Trinajstić information content (AvgIpc) is 2.44. The summed E-state index contributed by atoms with van der Waals surface area (Å²) in [6.45, 7) is 0.